The Hall–Kier alpha value is -1.10. The second-order valence-corrected chi connectivity index (χ2v) is 3.54. The zero-order valence-electron chi connectivity index (χ0n) is 8.24. The van der Waals surface area contributed by atoms with Gasteiger partial charge in [0.1, 0.15) is 6.04 Å². The molecule has 0 bridgehead atoms. The molecule has 4 N–H and O–H groups in total. The Kier molecular flexibility index (Phi) is 3.88. The number of carbonyl (C=O) groups is 2. The van der Waals surface area contributed by atoms with Gasteiger partial charge in [-0.05, 0) is 25.8 Å². The van der Waals surface area contributed by atoms with Crippen molar-refractivity contribution in [3.05, 3.63) is 0 Å². The average molecular weight is 199 g/mol. The molecule has 0 radical (unpaired) electrons. The maximum Gasteiger partial charge on any atom is 0.240 e. The molecule has 1 rings (SSSR count). The number of hydrogen-bond donors (Lipinski definition) is 2. The van der Waals surface area contributed by atoms with E-state index >= 15 is 0 Å². The molecule has 80 valence electrons. The third-order valence-electron chi connectivity index (χ3n) is 2.50. The largest absolute Gasteiger partial charge is 0.368 e. The minimum atomic E-state index is -0.399. The fraction of sp³-hybridized carbons (Fsp3) is 0.778. The van der Waals surface area contributed by atoms with E-state index in [0.29, 0.717) is 32.4 Å². The van der Waals surface area contributed by atoms with Gasteiger partial charge in [0.2, 0.25) is 11.8 Å². The highest BCUT2D eigenvalue weighted by molar-refractivity contribution is 5.87. The molecule has 0 aromatic heterocycles. The number of hydrogen-bond acceptors (Lipinski definition) is 3. The Morgan fingerprint density at radius 2 is 2.14 bits per heavy atom. The van der Waals surface area contributed by atoms with Crippen LogP contribution >= 0.6 is 0 Å². The molecule has 1 unspecified atom stereocenters. The molecule has 0 spiro atoms. The summed E-state index contributed by atoms with van der Waals surface area (Å²) in [5.74, 6) is -0.402. The number of carbonyl (C=O) groups excluding carboxylic acids is 2. The molecule has 1 atom stereocenters. The maximum absolute atomic E-state index is 11.6. The van der Waals surface area contributed by atoms with Crippen LogP contribution in [0.2, 0.25) is 0 Å². The van der Waals surface area contributed by atoms with Crippen molar-refractivity contribution in [1.29, 1.82) is 0 Å². The molecule has 0 aromatic carbocycles. The zero-order valence-corrected chi connectivity index (χ0v) is 8.24. The number of amides is 2. The van der Waals surface area contributed by atoms with Crippen molar-refractivity contribution in [3.8, 4) is 0 Å². The van der Waals surface area contributed by atoms with Gasteiger partial charge in [0, 0.05) is 13.0 Å². The second kappa shape index (κ2) is 4.95. The van der Waals surface area contributed by atoms with Gasteiger partial charge in [-0.15, -0.1) is 0 Å². The van der Waals surface area contributed by atoms with Crippen LogP contribution in [0, 0.1) is 0 Å². The first-order valence-corrected chi connectivity index (χ1v) is 4.95. The van der Waals surface area contributed by atoms with Crippen LogP contribution in [-0.2, 0) is 9.59 Å². The van der Waals surface area contributed by atoms with Gasteiger partial charge in [0.05, 0.1) is 0 Å². The summed E-state index contributed by atoms with van der Waals surface area (Å²) in [6, 6.07) is -0.389. The minimum Gasteiger partial charge on any atom is -0.368 e. The molecular weight excluding hydrogens is 182 g/mol. The molecule has 1 saturated heterocycles. The number of nitrogens with two attached hydrogens (primary N) is 2. The lowest BCUT2D eigenvalue weighted by atomic mass is 10.2. The second-order valence-electron chi connectivity index (χ2n) is 3.54. The van der Waals surface area contributed by atoms with Crippen LogP contribution in [0.15, 0.2) is 0 Å². The van der Waals surface area contributed by atoms with Crippen molar-refractivity contribution in [2.24, 2.45) is 11.5 Å². The summed E-state index contributed by atoms with van der Waals surface area (Å²) < 4.78 is 0. The Morgan fingerprint density at radius 1 is 1.43 bits per heavy atom. The van der Waals surface area contributed by atoms with Crippen molar-refractivity contribution >= 4 is 11.8 Å². The SMILES string of the molecule is NCCCC(=O)N1CCCC1C(N)=O. The number of likely N-dealkylation sites (tertiary alicyclic amines) is 1. The highest BCUT2D eigenvalue weighted by Gasteiger charge is 2.31. The third kappa shape index (κ3) is 2.45. The Labute approximate surface area is 83.4 Å². The standard InChI is InChI=1S/C9H17N3O2/c10-5-1-4-8(13)12-6-2-3-7(12)9(11)14/h7H,1-6,10H2,(H2,11,14). The lowest BCUT2D eigenvalue weighted by Crippen LogP contribution is -2.43. The molecule has 1 fully saturated rings. The van der Waals surface area contributed by atoms with E-state index in [1.165, 1.54) is 0 Å². The van der Waals surface area contributed by atoms with Crippen LogP contribution < -0.4 is 11.5 Å². The summed E-state index contributed by atoms with van der Waals surface area (Å²) in [5.41, 5.74) is 10.5. The fourth-order valence-electron chi connectivity index (χ4n) is 1.76. The zero-order chi connectivity index (χ0) is 10.6. The van der Waals surface area contributed by atoms with Crippen LogP contribution in [0.25, 0.3) is 0 Å². The van der Waals surface area contributed by atoms with E-state index in [4.69, 9.17) is 11.5 Å². The predicted octanol–water partition coefficient (Wildman–Crippen LogP) is -0.798. The van der Waals surface area contributed by atoms with E-state index in [0.717, 1.165) is 6.42 Å². The molecule has 0 saturated carbocycles. The van der Waals surface area contributed by atoms with E-state index in [2.05, 4.69) is 0 Å². The Balaban J connectivity index is 2.49. The summed E-state index contributed by atoms with van der Waals surface area (Å²) in [4.78, 5) is 24.2. The third-order valence-corrected chi connectivity index (χ3v) is 2.50. The van der Waals surface area contributed by atoms with Gasteiger partial charge in [-0.25, -0.2) is 0 Å². The topological polar surface area (TPSA) is 89.4 Å². The van der Waals surface area contributed by atoms with Crippen molar-refractivity contribution in [3.63, 3.8) is 0 Å². The fourth-order valence-corrected chi connectivity index (χ4v) is 1.76. The quantitative estimate of drug-likeness (QED) is 0.621. The molecule has 0 aliphatic carbocycles. The van der Waals surface area contributed by atoms with Gasteiger partial charge in [-0.1, -0.05) is 0 Å². The van der Waals surface area contributed by atoms with Crippen molar-refractivity contribution in [1.82, 2.24) is 4.90 Å². The van der Waals surface area contributed by atoms with Gasteiger partial charge in [-0.2, -0.15) is 0 Å². The van der Waals surface area contributed by atoms with Gasteiger partial charge in [0.25, 0.3) is 0 Å². The van der Waals surface area contributed by atoms with Crippen LogP contribution in [0.5, 0.6) is 0 Å². The molecular formula is C9H17N3O2. The average Bonchev–Trinajstić information content (AvgIpc) is 2.62. The van der Waals surface area contributed by atoms with Gasteiger partial charge < -0.3 is 16.4 Å². The Morgan fingerprint density at radius 3 is 2.71 bits per heavy atom. The van der Waals surface area contributed by atoms with Crippen molar-refractivity contribution in [2.45, 2.75) is 31.7 Å². The van der Waals surface area contributed by atoms with Gasteiger partial charge in [0.15, 0.2) is 0 Å². The molecule has 5 heteroatoms. The van der Waals surface area contributed by atoms with Crippen LogP contribution in [0.1, 0.15) is 25.7 Å². The summed E-state index contributed by atoms with van der Waals surface area (Å²) in [7, 11) is 0. The smallest absolute Gasteiger partial charge is 0.240 e. The summed E-state index contributed by atoms with van der Waals surface area (Å²) in [6.07, 6.45) is 2.65. The lowest BCUT2D eigenvalue weighted by molar-refractivity contribution is -0.137. The van der Waals surface area contributed by atoms with E-state index in [1.54, 1.807) is 4.90 Å². The Bertz CT molecular complexity index is 230. The number of rotatable bonds is 4. The van der Waals surface area contributed by atoms with Crippen LogP contribution in [0.3, 0.4) is 0 Å². The number of nitrogens with zero attached hydrogens (tertiary/aromatic N) is 1. The first-order valence-electron chi connectivity index (χ1n) is 4.95. The van der Waals surface area contributed by atoms with E-state index in [-0.39, 0.29) is 11.9 Å². The molecule has 1 heterocycles. The highest BCUT2D eigenvalue weighted by Crippen LogP contribution is 2.17. The highest BCUT2D eigenvalue weighted by atomic mass is 16.2. The summed E-state index contributed by atoms with van der Waals surface area (Å²) in [5, 5.41) is 0. The van der Waals surface area contributed by atoms with E-state index in [9.17, 15) is 9.59 Å². The molecule has 0 aromatic rings. The molecule has 2 amide bonds. The van der Waals surface area contributed by atoms with Gasteiger partial charge >= 0.3 is 0 Å². The monoisotopic (exact) mass is 199 g/mol. The van der Waals surface area contributed by atoms with Crippen molar-refractivity contribution in [2.75, 3.05) is 13.1 Å². The maximum atomic E-state index is 11.6. The van der Waals surface area contributed by atoms with Crippen molar-refractivity contribution < 1.29 is 9.59 Å². The molecule has 1 aliphatic heterocycles. The summed E-state index contributed by atoms with van der Waals surface area (Å²) >= 11 is 0. The predicted molar refractivity (Wildman–Crippen MR) is 52.2 cm³/mol. The lowest BCUT2D eigenvalue weighted by Gasteiger charge is -2.21. The van der Waals surface area contributed by atoms with Crippen LogP contribution in [0.4, 0.5) is 0 Å². The first kappa shape index (κ1) is 11.0. The first-order chi connectivity index (χ1) is 6.66. The molecule has 14 heavy (non-hydrogen) atoms. The normalized spacial score (nSPS) is 21.2. The minimum absolute atomic E-state index is 0.00301. The van der Waals surface area contributed by atoms with E-state index < -0.39 is 5.91 Å². The van der Waals surface area contributed by atoms with E-state index in [1.807, 2.05) is 0 Å². The molecule has 5 nitrogen and oxygen atoms in total. The summed E-state index contributed by atoms with van der Waals surface area (Å²) in [6.45, 7) is 1.15. The molecule has 1 aliphatic rings. The number of primary amides is 1. The van der Waals surface area contributed by atoms with Crippen LogP contribution in [-0.4, -0.2) is 35.8 Å². The van der Waals surface area contributed by atoms with Gasteiger partial charge in [-0.3, -0.25) is 9.59 Å².